The Morgan fingerprint density at radius 3 is 2.66 bits per heavy atom. The normalized spacial score (nSPS) is 19.3. The van der Waals surface area contributed by atoms with E-state index in [9.17, 15) is 0 Å². The molecule has 0 aromatic carbocycles. The van der Waals surface area contributed by atoms with E-state index in [4.69, 9.17) is 15.0 Å². The molecule has 0 spiro atoms. The van der Waals surface area contributed by atoms with E-state index in [1.54, 1.807) is 17.1 Å². The first kappa shape index (κ1) is 21.8. The highest BCUT2D eigenvalue weighted by Gasteiger charge is 2.24. The molecular formula is C24H29N11. The van der Waals surface area contributed by atoms with E-state index < -0.39 is 0 Å². The molecule has 0 radical (unpaired) electrons. The second kappa shape index (κ2) is 9.14. The molecule has 11 nitrogen and oxygen atoms in total. The zero-order valence-electron chi connectivity index (χ0n) is 20.1. The highest BCUT2D eigenvalue weighted by molar-refractivity contribution is 5.69. The molecule has 6 heterocycles. The van der Waals surface area contributed by atoms with E-state index in [-0.39, 0.29) is 0 Å². The number of nitrogens with zero attached hydrogens (tertiary/aromatic N) is 11. The molecule has 2 aliphatic rings. The zero-order chi connectivity index (χ0) is 23.8. The Morgan fingerprint density at radius 1 is 1.00 bits per heavy atom. The third kappa shape index (κ3) is 4.51. The van der Waals surface area contributed by atoms with Crippen molar-refractivity contribution >= 4 is 22.8 Å². The minimum Gasteiger partial charge on any atom is -0.340 e. The average molecular weight is 472 g/mol. The van der Waals surface area contributed by atoms with Crippen molar-refractivity contribution in [2.24, 2.45) is 13.0 Å². The number of piperidine rings is 1. The van der Waals surface area contributed by atoms with Crippen molar-refractivity contribution in [3.05, 3.63) is 42.6 Å². The van der Waals surface area contributed by atoms with Crippen LogP contribution in [0.25, 0.3) is 28.1 Å². The molecule has 1 fully saturated rings. The molecule has 1 saturated heterocycles. The summed E-state index contributed by atoms with van der Waals surface area (Å²) in [5.41, 5.74) is 5.44. The first-order valence-corrected chi connectivity index (χ1v) is 12.1. The van der Waals surface area contributed by atoms with Crippen molar-refractivity contribution < 1.29 is 0 Å². The summed E-state index contributed by atoms with van der Waals surface area (Å²) in [6.45, 7) is 4.63. The van der Waals surface area contributed by atoms with Gasteiger partial charge in [-0.15, -0.1) is 5.10 Å². The molecule has 0 amide bonds. The van der Waals surface area contributed by atoms with Crippen LogP contribution in [0.3, 0.4) is 0 Å². The maximum absolute atomic E-state index is 4.80. The van der Waals surface area contributed by atoms with Gasteiger partial charge in [0.1, 0.15) is 0 Å². The predicted molar refractivity (Wildman–Crippen MR) is 132 cm³/mol. The predicted octanol–water partition coefficient (Wildman–Crippen LogP) is 2.05. The first-order valence-electron chi connectivity index (χ1n) is 12.1. The fourth-order valence-electron chi connectivity index (χ4n) is 4.89. The quantitative estimate of drug-likeness (QED) is 0.432. The molecule has 11 heteroatoms. The maximum atomic E-state index is 4.80. The summed E-state index contributed by atoms with van der Waals surface area (Å²) in [6.07, 6.45) is 14.9. The van der Waals surface area contributed by atoms with Gasteiger partial charge >= 0.3 is 0 Å². The Balaban J connectivity index is 1.16. The number of aromatic nitrogens is 9. The van der Waals surface area contributed by atoms with Crippen LogP contribution in [0, 0.1) is 5.92 Å². The van der Waals surface area contributed by atoms with Crippen molar-refractivity contribution in [2.75, 3.05) is 38.1 Å². The van der Waals surface area contributed by atoms with Crippen molar-refractivity contribution in [1.29, 1.82) is 0 Å². The minimum atomic E-state index is 0.400. The lowest BCUT2D eigenvalue weighted by Gasteiger charge is -2.32. The number of anilines is 1. The standard InChI is InChI=1S/C24H29N11/c1-32-8-5-18(6-9-32)19-10-26-24(27-11-19)34-7-3-4-17(14-34)15-35-23-22(30-31-35)25-13-21(29-23)20-12-28-33(2)16-20/h5,10-13,16-17H,3-4,6-9,14-15H2,1-2H3/t17-/m1/s1. The van der Waals surface area contributed by atoms with E-state index in [1.807, 2.05) is 30.3 Å². The Hall–Kier alpha value is -3.73. The van der Waals surface area contributed by atoms with Gasteiger partial charge in [0, 0.05) is 69.5 Å². The van der Waals surface area contributed by atoms with Gasteiger partial charge in [0.2, 0.25) is 11.6 Å². The van der Waals surface area contributed by atoms with Crippen LogP contribution in [0.1, 0.15) is 24.8 Å². The second-order valence-electron chi connectivity index (χ2n) is 9.54. The molecule has 0 aliphatic carbocycles. The summed E-state index contributed by atoms with van der Waals surface area (Å²) >= 11 is 0. The lowest BCUT2D eigenvalue weighted by Crippen LogP contribution is -2.38. The van der Waals surface area contributed by atoms with E-state index in [0.717, 1.165) is 74.8 Å². The summed E-state index contributed by atoms with van der Waals surface area (Å²) in [7, 11) is 4.04. The molecule has 2 aliphatic heterocycles. The summed E-state index contributed by atoms with van der Waals surface area (Å²) in [5, 5.41) is 12.8. The minimum absolute atomic E-state index is 0.400. The van der Waals surface area contributed by atoms with Crippen LogP contribution in [0.5, 0.6) is 0 Å². The molecule has 35 heavy (non-hydrogen) atoms. The Kier molecular flexibility index (Phi) is 5.69. The molecule has 1 atom stereocenters. The van der Waals surface area contributed by atoms with Gasteiger partial charge in [0.05, 0.1) is 18.1 Å². The highest BCUT2D eigenvalue weighted by Crippen LogP contribution is 2.25. The van der Waals surface area contributed by atoms with Crippen molar-refractivity contribution in [2.45, 2.75) is 25.8 Å². The first-order chi connectivity index (χ1) is 17.1. The SMILES string of the molecule is CN1CC=C(c2cnc(N3CCC[C@@H](Cn4nnc5ncc(-c6cnn(C)c6)nc54)C3)nc2)CC1. The Morgan fingerprint density at radius 2 is 1.89 bits per heavy atom. The van der Waals surface area contributed by atoms with Crippen LogP contribution in [-0.2, 0) is 13.6 Å². The summed E-state index contributed by atoms with van der Waals surface area (Å²) in [4.78, 5) is 23.3. The second-order valence-corrected chi connectivity index (χ2v) is 9.54. The molecule has 0 bridgehead atoms. The lowest BCUT2D eigenvalue weighted by atomic mass is 9.98. The van der Waals surface area contributed by atoms with Gasteiger partial charge in [0.15, 0.2) is 5.65 Å². The molecular weight excluding hydrogens is 442 g/mol. The van der Waals surface area contributed by atoms with Gasteiger partial charge in [-0.3, -0.25) is 4.68 Å². The summed E-state index contributed by atoms with van der Waals surface area (Å²) in [6, 6.07) is 0. The maximum Gasteiger partial charge on any atom is 0.225 e. The van der Waals surface area contributed by atoms with Crippen molar-refractivity contribution in [1.82, 2.24) is 49.6 Å². The Bertz CT molecular complexity index is 1350. The monoisotopic (exact) mass is 471 g/mol. The van der Waals surface area contributed by atoms with E-state index in [2.05, 4.69) is 43.3 Å². The largest absolute Gasteiger partial charge is 0.340 e. The molecule has 4 aromatic rings. The number of hydrogen-bond donors (Lipinski definition) is 0. The molecule has 0 N–H and O–H groups in total. The molecule has 4 aromatic heterocycles. The fraction of sp³-hybridized carbons (Fsp3) is 0.458. The number of fused-ring (bicyclic) bond motifs is 1. The van der Waals surface area contributed by atoms with Crippen LogP contribution in [0.2, 0.25) is 0 Å². The fourth-order valence-corrected chi connectivity index (χ4v) is 4.89. The van der Waals surface area contributed by atoms with Crippen LogP contribution in [0.15, 0.2) is 37.1 Å². The van der Waals surface area contributed by atoms with Crippen LogP contribution in [-0.4, -0.2) is 82.8 Å². The number of hydrogen-bond acceptors (Lipinski definition) is 9. The third-order valence-corrected chi connectivity index (χ3v) is 6.88. The van der Waals surface area contributed by atoms with Crippen LogP contribution in [0.4, 0.5) is 5.95 Å². The van der Waals surface area contributed by atoms with Gasteiger partial charge < -0.3 is 9.80 Å². The molecule has 6 rings (SSSR count). The zero-order valence-corrected chi connectivity index (χ0v) is 20.1. The van der Waals surface area contributed by atoms with E-state index >= 15 is 0 Å². The van der Waals surface area contributed by atoms with Crippen molar-refractivity contribution in [3.63, 3.8) is 0 Å². The van der Waals surface area contributed by atoms with Gasteiger partial charge in [-0.1, -0.05) is 11.3 Å². The molecule has 0 unspecified atom stereocenters. The molecule has 180 valence electrons. The van der Waals surface area contributed by atoms with Gasteiger partial charge in [-0.05, 0) is 37.8 Å². The van der Waals surface area contributed by atoms with Gasteiger partial charge in [-0.25, -0.2) is 24.6 Å². The van der Waals surface area contributed by atoms with Gasteiger partial charge in [0.25, 0.3) is 0 Å². The topological polar surface area (TPSA) is 107 Å². The third-order valence-electron chi connectivity index (χ3n) is 6.88. The number of rotatable bonds is 5. The number of likely N-dealkylation sites (N-methyl/N-ethyl adjacent to an activating group) is 1. The van der Waals surface area contributed by atoms with Crippen LogP contribution < -0.4 is 4.90 Å². The van der Waals surface area contributed by atoms with Gasteiger partial charge in [-0.2, -0.15) is 5.10 Å². The molecule has 0 saturated carbocycles. The van der Waals surface area contributed by atoms with Crippen molar-refractivity contribution in [3.8, 4) is 11.3 Å². The van der Waals surface area contributed by atoms with E-state index in [1.165, 1.54) is 5.57 Å². The highest BCUT2D eigenvalue weighted by atomic mass is 15.5. The Labute approximate surface area is 203 Å². The summed E-state index contributed by atoms with van der Waals surface area (Å²) < 4.78 is 3.64. The smallest absolute Gasteiger partial charge is 0.225 e. The van der Waals surface area contributed by atoms with E-state index in [0.29, 0.717) is 17.2 Å². The average Bonchev–Trinajstić information content (AvgIpc) is 3.51. The van der Waals surface area contributed by atoms with Crippen LogP contribution >= 0.6 is 0 Å². The lowest BCUT2D eigenvalue weighted by molar-refractivity contribution is 0.350. The summed E-state index contributed by atoms with van der Waals surface area (Å²) in [5.74, 6) is 1.20. The number of aryl methyl sites for hydroxylation is 1.